The zero-order valence-corrected chi connectivity index (χ0v) is 10.8. The van der Waals surface area contributed by atoms with Crippen LogP contribution >= 0.6 is 11.8 Å². The number of amides is 1. The zero-order chi connectivity index (χ0) is 11.3. The summed E-state index contributed by atoms with van der Waals surface area (Å²) in [7, 11) is 1.93. The molecule has 3 nitrogen and oxygen atoms in total. The number of nitrogens with zero attached hydrogens (tertiary/aromatic N) is 1. The van der Waals surface area contributed by atoms with Crippen molar-refractivity contribution in [3.63, 3.8) is 0 Å². The van der Waals surface area contributed by atoms with E-state index in [4.69, 9.17) is 0 Å². The van der Waals surface area contributed by atoms with E-state index in [2.05, 4.69) is 19.2 Å². The van der Waals surface area contributed by atoms with Gasteiger partial charge in [-0.3, -0.25) is 4.79 Å². The first kappa shape index (κ1) is 12.8. The van der Waals surface area contributed by atoms with E-state index in [0.717, 1.165) is 31.0 Å². The van der Waals surface area contributed by atoms with Crippen LogP contribution in [0, 0.1) is 5.92 Å². The first-order valence-corrected chi connectivity index (χ1v) is 6.87. The highest BCUT2D eigenvalue weighted by atomic mass is 32.2. The average molecular weight is 230 g/mol. The second kappa shape index (κ2) is 6.38. The fraction of sp³-hybridized carbons (Fsp3) is 0.909. The summed E-state index contributed by atoms with van der Waals surface area (Å²) in [5.41, 5.74) is 0. The predicted molar refractivity (Wildman–Crippen MR) is 66.2 cm³/mol. The van der Waals surface area contributed by atoms with E-state index in [-0.39, 0.29) is 5.92 Å². The van der Waals surface area contributed by atoms with Crippen LogP contribution in [0.15, 0.2) is 0 Å². The lowest BCUT2D eigenvalue weighted by atomic mass is 10.0. The lowest BCUT2D eigenvalue weighted by Gasteiger charge is -2.33. The number of carbonyl (C=O) groups excluding carboxylic acids is 1. The molecule has 0 aromatic carbocycles. The van der Waals surface area contributed by atoms with Crippen LogP contribution < -0.4 is 5.32 Å². The molecule has 0 aromatic heterocycles. The van der Waals surface area contributed by atoms with E-state index in [1.807, 2.05) is 23.7 Å². The average Bonchev–Trinajstić information content (AvgIpc) is 2.14. The number of nitrogens with one attached hydrogen (secondary N) is 1. The van der Waals surface area contributed by atoms with Crippen LogP contribution in [0.4, 0.5) is 0 Å². The molecule has 1 fully saturated rings. The van der Waals surface area contributed by atoms with E-state index in [9.17, 15) is 4.79 Å². The molecule has 1 amide bonds. The molecule has 0 saturated carbocycles. The van der Waals surface area contributed by atoms with Gasteiger partial charge >= 0.3 is 0 Å². The summed E-state index contributed by atoms with van der Waals surface area (Å²) in [6.45, 7) is 6.03. The third-order valence-electron chi connectivity index (χ3n) is 3.02. The fourth-order valence-corrected chi connectivity index (χ4v) is 2.36. The second-order valence-electron chi connectivity index (χ2n) is 4.14. The summed E-state index contributed by atoms with van der Waals surface area (Å²) < 4.78 is 0. The summed E-state index contributed by atoms with van der Waals surface area (Å²) in [6, 6.07) is 0.372. The summed E-state index contributed by atoms with van der Waals surface area (Å²) in [5, 5.41) is 3.14. The van der Waals surface area contributed by atoms with Crippen molar-refractivity contribution in [1.29, 1.82) is 0 Å². The minimum Gasteiger partial charge on any atom is -0.343 e. The summed E-state index contributed by atoms with van der Waals surface area (Å²) in [4.78, 5) is 13.8. The molecule has 1 heterocycles. The second-order valence-corrected chi connectivity index (χ2v) is 5.53. The van der Waals surface area contributed by atoms with Gasteiger partial charge in [-0.2, -0.15) is 11.8 Å². The molecule has 0 spiro atoms. The number of thioether (sulfide) groups is 1. The van der Waals surface area contributed by atoms with Crippen molar-refractivity contribution in [1.82, 2.24) is 10.2 Å². The Balaban J connectivity index is 2.24. The Morgan fingerprint density at radius 1 is 1.60 bits per heavy atom. The van der Waals surface area contributed by atoms with Gasteiger partial charge in [0.1, 0.15) is 0 Å². The quantitative estimate of drug-likeness (QED) is 0.696. The van der Waals surface area contributed by atoms with Crippen molar-refractivity contribution in [2.75, 3.05) is 31.6 Å². The third kappa shape index (κ3) is 3.68. The Morgan fingerprint density at radius 3 is 2.73 bits per heavy atom. The van der Waals surface area contributed by atoms with Gasteiger partial charge in [-0.1, -0.05) is 6.92 Å². The molecule has 1 N–H and O–H groups in total. The Bertz CT molecular complexity index is 207. The molecular weight excluding hydrogens is 208 g/mol. The Morgan fingerprint density at radius 2 is 2.27 bits per heavy atom. The molecule has 0 aromatic rings. The van der Waals surface area contributed by atoms with E-state index in [0.29, 0.717) is 11.9 Å². The van der Waals surface area contributed by atoms with Crippen molar-refractivity contribution < 1.29 is 4.79 Å². The minimum absolute atomic E-state index is 0.233. The first-order valence-electron chi connectivity index (χ1n) is 5.72. The van der Waals surface area contributed by atoms with E-state index in [1.165, 1.54) is 0 Å². The van der Waals surface area contributed by atoms with Gasteiger partial charge in [-0.25, -0.2) is 0 Å². The Kier molecular flexibility index (Phi) is 5.47. The van der Waals surface area contributed by atoms with Gasteiger partial charge in [0.25, 0.3) is 0 Å². The van der Waals surface area contributed by atoms with E-state index >= 15 is 0 Å². The minimum atomic E-state index is 0.233. The molecular formula is C11H22N2OS. The van der Waals surface area contributed by atoms with Gasteiger partial charge < -0.3 is 10.2 Å². The van der Waals surface area contributed by atoms with E-state index < -0.39 is 0 Å². The van der Waals surface area contributed by atoms with E-state index in [1.54, 1.807) is 0 Å². The molecule has 0 radical (unpaired) electrons. The molecule has 4 heteroatoms. The Hall–Kier alpha value is -0.220. The molecule has 1 unspecified atom stereocenters. The van der Waals surface area contributed by atoms with Crippen molar-refractivity contribution in [3.05, 3.63) is 0 Å². The lowest BCUT2D eigenvalue weighted by Crippen LogP contribution is -2.52. The van der Waals surface area contributed by atoms with Crippen molar-refractivity contribution >= 4 is 17.7 Å². The van der Waals surface area contributed by atoms with Crippen LogP contribution in [0.1, 0.15) is 20.3 Å². The van der Waals surface area contributed by atoms with Crippen LogP contribution in [0.3, 0.4) is 0 Å². The molecule has 1 aliphatic rings. The largest absolute Gasteiger partial charge is 0.343 e. The van der Waals surface area contributed by atoms with Crippen molar-refractivity contribution in [3.8, 4) is 0 Å². The SMILES string of the molecule is CCSCCC(C)N(C)C(=O)C1CNC1. The standard InChI is InChI=1S/C11H22N2OS/c1-4-15-6-5-9(2)13(3)11(14)10-7-12-8-10/h9-10,12H,4-8H2,1-3H3. The first-order chi connectivity index (χ1) is 7.16. The van der Waals surface area contributed by atoms with Crippen molar-refractivity contribution in [2.45, 2.75) is 26.3 Å². The van der Waals surface area contributed by atoms with Gasteiger partial charge in [0.05, 0.1) is 5.92 Å². The molecule has 1 saturated heterocycles. The van der Waals surface area contributed by atoms with Crippen LogP contribution in [0.2, 0.25) is 0 Å². The normalized spacial score (nSPS) is 18.3. The highest BCUT2D eigenvalue weighted by Crippen LogP contribution is 2.13. The van der Waals surface area contributed by atoms with Crippen LogP contribution in [0.25, 0.3) is 0 Å². The maximum absolute atomic E-state index is 11.9. The molecule has 1 aliphatic heterocycles. The van der Waals surface area contributed by atoms with Gasteiger partial charge in [0, 0.05) is 26.2 Å². The van der Waals surface area contributed by atoms with Crippen molar-refractivity contribution in [2.24, 2.45) is 5.92 Å². The summed E-state index contributed by atoms with van der Waals surface area (Å²) >= 11 is 1.94. The topological polar surface area (TPSA) is 32.3 Å². The third-order valence-corrected chi connectivity index (χ3v) is 3.96. The predicted octanol–water partition coefficient (Wildman–Crippen LogP) is 1.20. The molecule has 0 bridgehead atoms. The smallest absolute Gasteiger partial charge is 0.228 e. The zero-order valence-electron chi connectivity index (χ0n) is 9.95. The number of hydrogen-bond acceptors (Lipinski definition) is 3. The fourth-order valence-electron chi connectivity index (χ4n) is 1.56. The van der Waals surface area contributed by atoms with Gasteiger partial charge in [0.15, 0.2) is 0 Å². The summed E-state index contributed by atoms with van der Waals surface area (Å²) in [5.74, 6) is 2.86. The number of rotatable bonds is 6. The highest BCUT2D eigenvalue weighted by Gasteiger charge is 2.29. The highest BCUT2D eigenvalue weighted by molar-refractivity contribution is 7.99. The van der Waals surface area contributed by atoms with Gasteiger partial charge in [-0.05, 0) is 24.9 Å². The number of carbonyl (C=O) groups is 1. The molecule has 1 atom stereocenters. The maximum atomic E-state index is 11.9. The molecule has 1 rings (SSSR count). The molecule has 88 valence electrons. The summed E-state index contributed by atoms with van der Waals surface area (Å²) in [6.07, 6.45) is 1.10. The maximum Gasteiger partial charge on any atom is 0.228 e. The van der Waals surface area contributed by atoms with Gasteiger partial charge in [0.2, 0.25) is 5.91 Å². The van der Waals surface area contributed by atoms with Crippen LogP contribution in [-0.4, -0.2) is 48.5 Å². The molecule has 15 heavy (non-hydrogen) atoms. The molecule has 0 aliphatic carbocycles. The lowest BCUT2D eigenvalue weighted by molar-refractivity contribution is -0.137. The monoisotopic (exact) mass is 230 g/mol. The Labute approximate surface area is 97.0 Å². The van der Waals surface area contributed by atoms with Gasteiger partial charge in [-0.15, -0.1) is 0 Å². The van der Waals surface area contributed by atoms with Crippen LogP contribution in [-0.2, 0) is 4.79 Å². The number of hydrogen-bond donors (Lipinski definition) is 1. The van der Waals surface area contributed by atoms with Crippen LogP contribution in [0.5, 0.6) is 0 Å².